The highest BCUT2D eigenvalue weighted by molar-refractivity contribution is 5.89. The molecule has 0 radical (unpaired) electrons. The summed E-state index contributed by atoms with van der Waals surface area (Å²) in [4.78, 5) is 29.9. The number of ether oxygens (including phenoxy) is 2. The van der Waals surface area contributed by atoms with Crippen molar-refractivity contribution in [3.05, 3.63) is 99.9 Å². The van der Waals surface area contributed by atoms with Crippen molar-refractivity contribution < 1.29 is 23.8 Å². The molecule has 2 heterocycles. The number of benzene rings is 3. The van der Waals surface area contributed by atoms with Crippen molar-refractivity contribution >= 4 is 16.9 Å². The van der Waals surface area contributed by atoms with Crippen LogP contribution in [-0.4, -0.2) is 53.7 Å². The summed E-state index contributed by atoms with van der Waals surface area (Å²) in [6, 6.07) is 19.9. The minimum atomic E-state index is -0.404. The van der Waals surface area contributed by atoms with Crippen molar-refractivity contribution in [3.63, 3.8) is 0 Å². The molecule has 3 aromatic carbocycles. The zero-order valence-electron chi connectivity index (χ0n) is 22.0. The number of phenolic OH excluding ortho intramolecular Hbond substituents is 1. The van der Waals surface area contributed by atoms with Crippen LogP contribution in [0, 0.1) is 0 Å². The zero-order valence-corrected chi connectivity index (χ0v) is 22.0. The van der Waals surface area contributed by atoms with E-state index >= 15 is 0 Å². The van der Waals surface area contributed by atoms with Gasteiger partial charge in [-0.05, 0) is 48.4 Å². The third kappa shape index (κ3) is 6.30. The predicted octanol–water partition coefficient (Wildman–Crippen LogP) is 5.18. The van der Waals surface area contributed by atoms with Crippen molar-refractivity contribution in [2.45, 2.75) is 26.4 Å². The molecule has 202 valence electrons. The highest BCUT2D eigenvalue weighted by atomic mass is 16.5. The van der Waals surface area contributed by atoms with Crippen LogP contribution in [0.15, 0.2) is 82.2 Å². The standard InChI is InChI=1S/C31H32N2O6/c1-2-18-37-31(36)23-8-10-24(11-9-23)39-28-21-38-30-25(29(28)35)12-13-27(34)26(30)20-33-16-14-32(15-17-33)19-22-6-4-3-5-7-22/h3-13,21,34H,2,14-20H2,1H3. The molecule has 4 aromatic rings. The second-order valence-electron chi connectivity index (χ2n) is 9.67. The molecule has 39 heavy (non-hydrogen) atoms. The zero-order chi connectivity index (χ0) is 27.2. The molecule has 1 saturated heterocycles. The van der Waals surface area contributed by atoms with Gasteiger partial charge in [-0.25, -0.2) is 4.79 Å². The molecule has 0 atom stereocenters. The van der Waals surface area contributed by atoms with Crippen LogP contribution < -0.4 is 10.2 Å². The van der Waals surface area contributed by atoms with Crippen LogP contribution >= 0.6 is 0 Å². The predicted molar refractivity (Wildman–Crippen MR) is 148 cm³/mol. The monoisotopic (exact) mass is 528 g/mol. The average molecular weight is 529 g/mol. The second kappa shape index (κ2) is 12.1. The van der Waals surface area contributed by atoms with Crippen molar-refractivity contribution in [3.8, 4) is 17.2 Å². The van der Waals surface area contributed by atoms with Crippen LogP contribution in [0.4, 0.5) is 0 Å². The number of hydrogen-bond donors (Lipinski definition) is 1. The Morgan fingerprint density at radius 3 is 2.31 bits per heavy atom. The number of esters is 1. The number of nitrogens with zero attached hydrogens (tertiary/aromatic N) is 2. The quantitative estimate of drug-likeness (QED) is 0.297. The summed E-state index contributed by atoms with van der Waals surface area (Å²) in [7, 11) is 0. The summed E-state index contributed by atoms with van der Waals surface area (Å²) >= 11 is 0. The Morgan fingerprint density at radius 1 is 0.923 bits per heavy atom. The number of piperazine rings is 1. The van der Waals surface area contributed by atoms with E-state index in [9.17, 15) is 14.7 Å². The van der Waals surface area contributed by atoms with E-state index < -0.39 is 5.97 Å². The fourth-order valence-corrected chi connectivity index (χ4v) is 4.69. The third-order valence-corrected chi connectivity index (χ3v) is 6.84. The Hall–Kier alpha value is -4.14. The minimum Gasteiger partial charge on any atom is -0.507 e. The first-order valence-electron chi connectivity index (χ1n) is 13.2. The van der Waals surface area contributed by atoms with Crippen molar-refractivity contribution in [2.75, 3.05) is 32.8 Å². The van der Waals surface area contributed by atoms with Gasteiger partial charge in [0.25, 0.3) is 0 Å². The normalized spacial score (nSPS) is 14.4. The third-order valence-electron chi connectivity index (χ3n) is 6.84. The van der Waals surface area contributed by atoms with Crippen molar-refractivity contribution in [2.24, 2.45) is 0 Å². The Kier molecular flexibility index (Phi) is 8.24. The largest absolute Gasteiger partial charge is 0.507 e. The summed E-state index contributed by atoms with van der Waals surface area (Å²) < 4.78 is 16.8. The lowest BCUT2D eigenvalue weighted by Crippen LogP contribution is -2.45. The fraction of sp³-hybridized carbons (Fsp3) is 0.290. The molecule has 0 amide bonds. The van der Waals surface area contributed by atoms with Crippen LogP contribution in [0.25, 0.3) is 11.0 Å². The maximum atomic E-state index is 13.2. The molecular formula is C31H32N2O6. The lowest BCUT2D eigenvalue weighted by Gasteiger charge is -2.34. The summed E-state index contributed by atoms with van der Waals surface area (Å²) in [6.45, 7) is 7.19. The van der Waals surface area contributed by atoms with Gasteiger partial charge in [0.05, 0.1) is 23.1 Å². The van der Waals surface area contributed by atoms with Gasteiger partial charge in [0.1, 0.15) is 23.3 Å². The molecule has 1 N–H and O–H groups in total. The van der Waals surface area contributed by atoms with Crippen LogP contribution in [0.1, 0.15) is 34.8 Å². The molecular weight excluding hydrogens is 496 g/mol. The van der Waals surface area contributed by atoms with E-state index in [-0.39, 0.29) is 16.9 Å². The molecule has 8 nitrogen and oxygen atoms in total. The lowest BCUT2D eigenvalue weighted by molar-refractivity contribution is 0.0505. The van der Waals surface area contributed by atoms with Gasteiger partial charge in [0, 0.05) is 39.3 Å². The fourth-order valence-electron chi connectivity index (χ4n) is 4.69. The summed E-state index contributed by atoms with van der Waals surface area (Å²) in [6.07, 6.45) is 2.02. The molecule has 1 aromatic heterocycles. The molecule has 8 heteroatoms. The topological polar surface area (TPSA) is 92.5 Å². The van der Waals surface area contributed by atoms with Gasteiger partial charge in [-0.2, -0.15) is 0 Å². The number of fused-ring (bicyclic) bond motifs is 1. The average Bonchev–Trinajstić information content (AvgIpc) is 2.96. The molecule has 5 rings (SSSR count). The first-order chi connectivity index (χ1) is 19.0. The van der Waals surface area contributed by atoms with E-state index in [4.69, 9.17) is 13.9 Å². The van der Waals surface area contributed by atoms with Crippen LogP contribution in [0.2, 0.25) is 0 Å². The van der Waals surface area contributed by atoms with Crippen molar-refractivity contribution in [1.82, 2.24) is 9.80 Å². The summed E-state index contributed by atoms with van der Waals surface area (Å²) in [5.74, 6) is 0.103. The Balaban J connectivity index is 1.27. The summed E-state index contributed by atoms with van der Waals surface area (Å²) in [5.41, 5.74) is 2.30. The van der Waals surface area contributed by atoms with Gasteiger partial charge in [0.2, 0.25) is 11.2 Å². The number of carbonyl (C=O) groups is 1. The highest BCUT2D eigenvalue weighted by Gasteiger charge is 2.21. The van der Waals surface area contributed by atoms with Gasteiger partial charge in [-0.3, -0.25) is 14.6 Å². The lowest BCUT2D eigenvalue weighted by atomic mass is 10.1. The first-order valence-corrected chi connectivity index (χ1v) is 13.2. The number of rotatable bonds is 9. The molecule has 0 unspecified atom stereocenters. The first kappa shape index (κ1) is 26.5. The maximum absolute atomic E-state index is 13.2. The molecule has 1 aliphatic rings. The van der Waals surface area contributed by atoms with Crippen LogP contribution in [0.5, 0.6) is 17.2 Å². The highest BCUT2D eigenvalue weighted by Crippen LogP contribution is 2.30. The Morgan fingerprint density at radius 2 is 1.62 bits per heavy atom. The Bertz CT molecular complexity index is 1480. The van der Waals surface area contributed by atoms with E-state index in [0.717, 1.165) is 39.1 Å². The number of carbonyl (C=O) groups excluding carboxylic acids is 1. The van der Waals surface area contributed by atoms with E-state index in [1.165, 1.54) is 17.9 Å². The van der Waals surface area contributed by atoms with Crippen LogP contribution in [-0.2, 0) is 17.8 Å². The Labute approximate surface area is 227 Å². The second-order valence-corrected chi connectivity index (χ2v) is 9.67. The molecule has 0 bridgehead atoms. The minimum absolute atomic E-state index is 0.0231. The molecule has 0 saturated carbocycles. The molecule has 0 aliphatic carbocycles. The van der Waals surface area contributed by atoms with Crippen LogP contribution in [0.3, 0.4) is 0 Å². The van der Waals surface area contributed by atoms with Crippen molar-refractivity contribution in [1.29, 1.82) is 0 Å². The van der Waals surface area contributed by atoms with E-state index in [1.54, 1.807) is 30.3 Å². The SMILES string of the molecule is CCCOC(=O)c1ccc(Oc2coc3c(CN4CCN(Cc5ccccc5)CC4)c(O)ccc3c2=O)cc1. The maximum Gasteiger partial charge on any atom is 0.338 e. The number of hydrogen-bond acceptors (Lipinski definition) is 8. The van der Waals surface area contributed by atoms with Gasteiger partial charge < -0.3 is 19.0 Å². The molecule has 0 spiro atoms. The number of phenols is 1. The smallest absolute Gasteiger partial charge is 0.338 e. The molecule has 1 fully saturated rings. The molecule has 1 aliphatic heterocycles. The van der Waals surface area contributed by atoms with E-state index in [2.05, 4.69) is 34.1 Å². The van der Waals surface area contributed by atoms with Gasteiger partial charge in [0.15, 0.2) is 0 Å². The van der Waals surface area contributed by atoms with E-state index in [0.29, 0.717) is 41.0 Å². The summed E-state index contributed by atoms with van der Waals surface area (Å²) in [5, 5.41) is 11.0. The van der Waals surface area contributed by atoms with Gasteiger partial charge in [-0.1, -0.05) is 37.3 Å². The van der Waals surface area contributed by atoms with E-state index in [1.807, 2.05) is 13.0 Å². The van der Waals surface area contributed by atoms with Gasteiger partial charge in [-0.15, -0.1) is 0 Å². The van der Waals surface area contributed by atoms with Gasteiger partial charge >= 0.3 is 5.97 Å². The number of aromatic hydroxyl groups is 1.